The average Bonchev–Trinajstić information content (AvgIpc) is 2.16. The summed E-state index contributed by atoms with van der Waals surface area (Å²) in [4.78, 5) is 11.5. The number of fused-ring (bicyclic) bond motifs is 1. The van der Waals surface area contributed by atoms with Gasteiger partial charge in [-0.15, -0.1) is 0 Å². The van der Waals surface area contributed by atoms with Gasteiger partial charge in [0.15, 0.2) is 5.78 Å². The number of Topliss-reactive ketones (excluding diaryl/α,β-unsaturated/α-hetero) is 1. The normalized spacial score (nSPS) is 38.4. The second kappa shape index (κ2) is 3.11. The van der Waals surface area contributed by atoms with Crippen LogP contribution in [-0.2, 0) is 4.79 Å². The average molecular weight is 193 g/mol. The second-order valence-electron chi connectivity index (χ2n) is 5.22. The number of rotatable bonds is 0. The lowest BCUT2D eigenvalue weighted by atomic mass is 9.63. The molecule has 0 aromatic rings. The van der Waals surface area contributed by atoms with Gasteiger partial charge in [0.25, 0.3) is 0 Å². The van der Waals surface area contributed by atoms with Gasteiger partial charge in [-0.05, 0) is 42.6 Å². The summed E-state index contributed by atoms with van der Waals surface area (Å²) in [7, 11) is 0. The third kappa shape index (κ3) is 1.37. The Morgan fingerprint density at radius 3 is 2.86 bits per heavy atom. The van der Waals surface area contributed by atoms with Gasteiger partial charge in [0.1, 0.15) is 0 Å². The summed E-state index contributed by atoms with van der Waals surface area (Å²) in [6.45, 7) is 4.52. The summed E-state index contributed by atoms with van der Waals surface area (Å²) < 4.78 is 0. The molecule has 0 unspecified atom stereocenters. The lowest BCUT2D eigenvalue weighted by Gasteiger charge is -2.42. The molecule has 2 heteroatoms. The van der Waals surface area contributed by atoms with Gasteiger partial charge >= 0.3 is 0 Å². The smallest absolute Gasteiger partial charge is 0.178 e. The molecule has 1 fully saturated rings. The Labute approximate surface area is 85.6 Å². The Kier molecular flexibility index (Phi) is 2.17. The predicted octanol–water partition coefficient (Wildman–Crippen LogP) is 2.39. The van der Waals surface area contributed by atoms with Crippen LogP contribution in [0.5, 0.6) is 0 Å². The zero-order valence-corrected chi connectivity index (χ0v) is 9.10. The van der Waals surface area contributed by atoms with Crippen LogP contribution in [-0.4, -0.2) is 5.78 Å². The molecule has 14 heavy (non-hydrogen) atoms. The first kappa shape index (κ1) is 9.75. The Morgan fingerprint density at radius 2 is 2.14 bits per heavy atom. The second-order valence-corrected chi connectivity index (χ2v) is 5.22. The summed E-state index contributed by atoms with van der Waals surface area (Å²) in [6.07, 6.45) is 5.18. The molecule has 0 aliphatic heterocycles. The van der Waals surface area contributed by atoms with E-state index in [1.165, 1.54) is 18.4 Å². The molecule has 0 aromatic heterocycles. The monoisotopic (exact) mass is 193 g/mol. The van der Waals surface area contributed by atoms with Crippen LogP contribution < -0.4 is 5.73 Å². The van der Waals surface area contributed by atoms with E-state index in [4.69, 9.17) is 5.73 Å². The molecular weight excluding hydrogens is 174 g/mol. The molecular formula is C12H19NO. The van der Waals surface area contributed by atoms with E-state index in [9.17, 15) is 4.79 Å². The zero-order chi connectivity index (χ0) is 10.3. The quantitative estimate of drug-likeness (QED) is 0.642. The molecule has 2 rings (SSSR count). The maximum atomic E-state index is 11.5. The first-order valence-electron chi connectivity index (χ1n) is 5.55. The molecule has 2 nitrogen and oxygen atoms in total. The SMILES string of the molecule is C[C@@H]1CC[C@@]2(C)CCC(=O)C(N)=C2C1. The van der Waals surface area contributed by atoms with Crippen molar-refractivity contribution in [2.24, 2.45) is 17.1 Å². The topological polar surface area (TPSA) is 43.1 Å². The summed E-state index contributed by atoms with van der Waals surface area (Å²) >= 11 is 0. The fraction of sp³-hybridized carbons (Fsp3) is 0.750. The van der Waals surface area contributed by atoms with Crippen LogP contribution >= 0.6 is 0 Å². The van der Waals surface area contributed by atoms with Crippen molar-refractivity contribution >= 4 is 5.78 Å². The van der Waals surface area contributed by atoms with E-state index in [0.717, 1.165) is 12.8 Å². The largest absolute Gasteiger partial charge is 0.396 e. The third-order valence-electron chi connectivity index (χ3n) is 4.00. The van der Waals surface area contributed by atoms with Crippen LogP contribution in [0.2, 0.25) is 0 Å². The van der Waals surface area contributed by atoms with Crippen molar-refractivity contribution in [3.8, 4) is 0 Å². The summed E-state index contributed by atoms with van der Waals surface area (Å²) in [5.74, 6) is 0.870. The molecule has 2 N–H and O–H groups in total. The van der Waals surface area contributed by atoms with Crippen molar-refractivity contribution in [2.75, 3.05) is 0 Å². The molecule has 2 aliphatic rings. The highest BCUT2D eigenvalue weighted by atomic mass is 16.1. The lowest BCUT2D eigenvalue weighted by molar-refractivity contribution is -0.117. The molecule has 0 bridgehead atoms. The fourth-order valence-electron chi connectivity index (χ4n) is 2.82. The third-order valence-corrected chi connectivity index (χ3v) is 4.00. The van der Waals surface area contributed by atoms with Crippen LogP contribution in [0.15, 0.2) is 11.3 Å². The van der Waals surface area contributed by atoms with Gasteiger partial charge in [0, 0.05) is 6.42 Å². The van der Waals surface area contributed by atoms with Crippen molar-refractivity contribution in [1.82, 2.24) is 0 Å². The van der Waals surface area contributed by atoms with Crippen LogP contribution in [0.1, 0.15) is 46.0 Å². The zero-order valence-electron chi connectivity index (χ0n) is 9.10. The van der Waals surface area contributed by atoms with Crippen molar-refractivity contribution in [2.45, 2.75) is 46.0 Å². The van der Waals surface area contributed by atoms with Gasteiger partial charge < -0.3 is 5.73 Å². The van der Waals surface area contributed by atoms with E-state index in [2.05, 4.69) is 13.8 Å². The number of carbonyl (C=O) groups excluding carboxylic acids is 1. The number of ketones is 1. The van der Waals surface area contributed by atoms with Gasteiger partial charge in [0.2, 0.25) is 0 Å². The van der Waals surface area contributed by atoms with Gasteiger partial charge in [0.05, 0.1) is 5.70 Å². The first-order chi connectivity index (χ1) is 6.53. The van der Waals surface area contributed by atoms with Crippen LogP contribution in [0.4, 0.5) is 0 Å². The van der Waals surface area contributed by atoms with E-state index in [-0.39, 0.29) is 11.2 Å². The Morgan fingerprint density at radius 1 is 1.43 bits per heavy atom. The Hall–Kier alpha value is -0.790. The minimum atomic E-state index is 0.173. The highest BCUT2D eigenvalue weighted by Crippen LogP contribution is 2.49. The van der Waals surface area contributed by atoms with Crippen LogP contribution in [0.25, 0.3) is 0 Å². The van der Waals surface area contributed by atoms with Gasteiger partial charge in [-0.1, -0.05) is 13.8 Å². The summed E-state index contributed by atoms with van der Waals surface area (Å²) in [6, 6.07) is 0. The van der Waals surface area contributed by atoms with Crippen LogP contribution in [0, 0.1) is 11.3 Å². The Balaban J connectivity index is 2.39. The highest BCUT2D eigenvalue weighted by Gasteiger charge is 2.39. The van der Waals surface area contributed by atoms with Crippen molar-refractivity contribution in [3.05, 3.63) is 11.3 Å². The van der Waals surface area contributed by atoms with Gasteiger partial charge in [-0.2, -0.15) is 0 Å². The summed E-state index contributed by atoms with van der Waals surface area (Å²) in [5.41, 5.74) is 8.00. The van der Waals surface area contributed by atoms with Gasteiger partial charge in [-0.3, -0.25) is 4.79 Å². The molecule has 2 aliphatic carbocycles. The number of carbonyl (C=O) groups is 1. The molecule has 0 aromatic carbocycles. The standard InChI is InChI=1S/C12H19NO/c1-8-3-5-12(2)6-4-10(14)11(13)9(12)7-8/h8H,3-7,13H2,1-2H3/t8-,12+/m1/s1. The fourth-order valence-corrected chi connectivity index (χ4v) is 2.82. The number of allylic oxidation sites excluding steroid dienone is 2. The first-order valence-corrected chi connectivity index (χ1v) is 5.55. The van der Waals surface area contributed by atoms with Crippen molar-refractivity contribution < 1.29 is 4.79 Å². The van der Waals surface area contributed by atoms with E-state index in [1.807, 2.05) is 0 Å². The van der Waals surface area contributed by atoms with E-state index < -0.39 is 0 Å². The van der Waals surface area contributed by atoms with E-state index in [0.29, 0.717) is 18.0 Å². The van der Waals surface area contributed by atoms with Crippen molar-refractivity contribution in [3.63, 3.8) is 0 Å². The predicted molar refractivity (Wildman–Crippen MR) is 56.6 cm³/mol. The maximum absolute atomic E-state index is 11.5. The molecule has 0 saturated heterocycles. The van der Waals surface area contributed by atoms with Gasteiger partial charge in [-0.25, -0.2) is 0 Å². The highest BCUT2D eigenvalue weighted by molar-refractivity contribution is 5.96. The lowest BCUT2D eigenvalue weighted by Crippen LogP contribution is -2.35. The Bertz CT molecular complexity index is 305. The minimum Gasteiger partial charge on any atom is -0.396 e. The molecule has 2 atom stereocenters. The molecule has 0 amide bonds. The van der Waals surface area contributed by atoms with E-state index in [1.54, 1.807) is 0 Å². The van der Waals surface area contributed by atoms with E-state index >= 15 is 0 Å². The van der Waals surface area contributed by atoms with Crippen LogP contribution in [0.3, 0.4) is 0 Å². The number of nitrogens with two attached hydrogens (primary N) is 1. The summed E-state index contributed by atoms with van der Waals surface area (Å²) in [5, 5.41) is 0. The molecule has 0 heterocycles. The van der Waals surface area contributed by atoms with Crippen molar-refractivity contribution in [1.29, 1.82) is 0 Å². The number of hydrogen-bond donors (Lipinski definition) is 1. The maximum Gasteiger partial charge on any atom is 0.178 e. The molecule has 0 spiro atoms. The minimum absolute atomic E-state index is 0.173. The molecule has 78 valence electrons. The molecule has 0 radical (unpaired) electrons. The molecule has 1 saturated carbocycles. The number of hydrogen-bond acceptors (Lipinski definition) is 2.